The summed E-state index contributed by atoms with van der Waals surface area (Å²) in [5.41, 5.74) is 0. The first-order chi connectivity index (χ1) is 8.99. The van der Waals surface area contributed by atoms with Crippen molar-refractivity contribution in [2.75, 3.05) is 27.4 Å². The molecule has 7 nitrogen and oxygen atoms in total. The molecule has 1 rings (SSSR count). The van der Waals surface area contributed by atoms with Gasteiger partial charge in [-0.05, 0) is 0 Å². The maximum atomic E-state index is 11.1. The van der Waals surface area contributed by atoms with Gasteiger partial charge in [0, 0.05) is 28.1 Å². The molecule has 110 valence electrons. The summed E-state index contributed by atoms with van der Waals surface area (Å²) in [7, 11) is 2.98. The Morgan fingerprint density at radius 3 is 2.26 bits per heavy atom. The van der Waals surface area contributed by atoms with E-state index >= 15 is 0 Å². The highest BCUT2D eigenvalue weighted by Gasteiger charge is 2.43. The zero-order valence-corrected chi connectivity index (χ0v) is 11.6. The van der Waals surface area contributed by atoms with E-state index in [1.807, 2.05) is 0 Å². The summed E-state index contributed by atoms with van der Waals surface area (Å²) in [5, 5.41) is 0. The van der Waals surface area contributed by atoms with Gasteiger partial charge in [-0.25, -0.2) is 0 Å². The van der Waals surface area contributed by atoms with Gasteiger partial charge in [-0.1, -0.05) is 0 Å². The summed E-state index contributed by atoms with van der Waals surface area (Å²) in [6, 6.07) is 0. The number of esters is 2. The Balaban J connectivity index is 2.75. The molecule has 0 saturated carbocycles. The second-order valence-electron chi connectivity index (χ2n) is 4.22. The molecule has 19 heavy (non-hydrogen) atoms. The van der Waals surface area contributed by atoms with Crippen molar-refractivity contribution in [2.45, 2.75) is 38.3 Å². The standard InChI is InChI=1S/C12H20O7/c1-7(13)17-6-10-11(16-4)12(19-8(2)14)9(15-3)5-18-10/h9-12H,5-6H2,1-4H3/t9-,10+,11-,12-/m1/s1. The van der Waals surface area contributed by atoms with Crippen molar-refractivity contribution in [1.82, 2.24) is 0 Å². The van der Waals surface area contributed by atoms with E-state index in [0.29, 0.717) is 0 Å². The van der Waals surface area contributed by atoms with Gasteiger partial charge in [-0.2, -0.15) is 0 Å². The molecule has 0 unspecified atom stereocenters. The van der Waals surface area contributed by atoms with Gasteiger partial charge in [0.25, 0.3) is 0 Å². The zero-order chi connectivity index (χ0) is 14.4. The Morgan fingerprint density at radius 1 is 1.11 bits per heavy atom. The Kier molecular flexibility index (Phi) is 6.20. The molecule has 1 aliphatic rings. The van der Waals surface area contributed by atoms with Gasteiger partial charge in [-0.15, -0.1) is 0 Å². The smallest absolute Gasteiger partial charge is 0.303 e. The summed E-state index contributed by atoms with van der Waals surface area (Å²) in [6.07, 6.45) is -2.06. The zero-order valence-electron chi connectivity index (χ0n) is 11.6. The molecule has 1 aliphatic heterocycles. The van der Waals surface area contributed by atoms with Crippen LogP contribution in [0.4, 0.5) is 0 Å². The maximum Gasteiger partial charge on any atom is 0.303 e. The fourth-order valence-corrected chi connectivity index (χ4v) is 2.00. The average molecular weight is 276 g/mol. The molecular formula is C12H20O7. The van der Waals surface area contributed by atoms with E-state index in [2.05, 4.69) is 0 Å². The highest BCUT2D eigenvalue weighted by molar-refractivity contribution is 5.66. The highest BCUT2D eigenvalue weighted by Crippen LogP contribution is 2.23. The van der Waals surface area contributed by atoms with Gasteiger partial charge in [-0.3, -0.25) is 9.59 Å². The van der Waals surface area contributed by atoms with Crippen LogP contribution in [0, 0.1) is 0 Å². The number of hydrogen-bond acceptors (Lipinski definition) is 7. The maximum absolute atomic E-state index is 11.1. The van der Waals surface area contributed by atoms with E-state index in [9.17, 15) is 9.59 Å². The minimum absolute atomic E-state index is 0.0437. The van der Waals surface area contributed by atoms with Crippen molar-refractivity contribution < 1.29 is 33.3 Å². The van der Waals surface area contributed by atoms with Gasteiger partial charge in [0.1, 0.15) is 24.9 Å². The van der Waals surface area contributed by atoms with E-state index in [1.54, 1.807) is 0 Å². The van der Waals surface area contributed by atoms with Gasteiger partial charge in [0.05, 0.1) is 6.61 Å². The number of methoxy groups -OCH3 is 2. The third-order valence-electron chi connectivity index (χ3n) is 2.86. The van der Waals surface area contributed by atoms with Crippen LogP contribution in [0.5, 0.6) is 0 Å². The first kappa shape index (κ1) is 15.9. The molecule has 0 aliphatic carbocycles. The summed E-state index contributed by atoms with van der Waals surface area (Å²) in [6.45, 7) is 2.91. The predicted molar refractivity (Wildman–Crippen MR) is 63.5 cm³/mol. The van der Waals surface area contributed by atoms with Gasteiger partial charge in [0.2, 0.25) is 0 Å². The van der Waals surface area contributed by atoms with Crippen molar-refractivity contribution in [3.8, 4) is 0 Å². The van der Waals surface area contributed by atoms with Crippen molar-refractivity contribution in [3.05, 3.63) is 0 Å². The van der Waals surface area contributed by atoms with Crippen LogP contribution in [0.3, 0.4) is 0 Å². The molecule has 0 aromatic carbocycles. The lowest BCUT2D eigenvalue weighted by Crippen LogP contribution is -2.57. The minimum Gasteiger partial charge on any atom is -0.463 e. The fraction of sp³-hybridized carbons (Fsp3) is 0.833. The molecular weight excluding hydrogens is 256 g/mol. The van der Waals surface area contributed by atoms with Crippen LogP contribution in [0.1, 0.15) is 13.8 Å². The third-order valence-corrected chi connectivity index (χ3v) is 2.86. The molecule has 0 amide bonds. The largest absolute Gasteiger partial charge is 0.463 e. The van der Waals surface area contributed by atoms with E-state index in [0.717, 1.165) is 0 Å². The van der Waals surface area contributed by atoms with Crippen LogP contribution in [-0.2, 0) is 33.3 Å². The summed E-state index contributed by atoms with van der Waals surface area (Å²) < 4.78 is 26.2. The van der Waals surface area contributed by atoms with Gasteiger partial charge >= 0.3 is 11.9 Å². The number of ether oxygens (including phenoxy) is 5. The topological polar surface area (TPSA) is 80.3 Å². The van der Waals surface area contributed by atoms with Crippen molar-refractivity contribution in [3.63, 3.8) is 0 Å². The summed E-state index contributed by atoms with van der Waals surface area (Å²) in [5.74, 6) is -0.835. The fourth-order valence-electron chi connectivity index (χ4n) is 2.00. The molecule has 0 spiro atoms. The molecule has 0 bridgehead atoms. The normalized spacial score (nSPS) is 30.7. The third kappa shape index (κ3) is 4.45. The second kappa shape index (κ2) is 7.42. The van der Waals surface area contributed by atoms with Crippen LogP contribution in [0.15, 0.2) is 0 Å². The molecule has 0 aromatic heterocycles. The van der Waals surface area contributed by atoms with Crippen LogP contribution in [-0.4, -0.2) is 63.8 Å². The Bertz CT molecular complexity index is 317. The second-order valence-corrected chi connectivity index (χ2v) is 4.22. The number of hydrogen-bond donors (Lipinski definition) is 0. The quantitative estimate of drug-likeness (QED) is 0.649. The van der Waals surface area contributed by atoms with Crippen LogP contribution in [0.25, 0.3) is 0 Å². The SMILES string of the molecule is CO[C@H]1[C@H](OC(C)=O)[C@H](OC)CO[C@H]1COC(C)=O. The lowest BCUT2D eigenvalue weighted by Gasteiger charge is -2.40. The lowest BCUT2D eigenvalue weighted by molar-refractivity contribution is -0.225. The first-order valence-corrected chi connectivity index (χ1v) is 5.97. The van der Waals surface area contributed by atoms with Crippen LogP contribution >= 0.6 is 0 Å². The molecule has 1 fully saturated rings. The molecule has 7 heteroatoms. The monoisotopic (exact) mass is 276 g/mol. The number of carbonyl (C=O) groups excluding carboxylic acids is 2. The van der Waals surface area contributed by atoms with Gasteiger partial charge in [0.15, 0.2) is 6.10 Å². The Morgan fingerprint density at radius 2 is 1.79 bits per heavy atom. The average Bonchev–Trinajstić information content (AvgIpc) is 2.35. The molecule has 0 radical (unpaired) electrons. The Labute approximate surface area is 112 Å². The minimum atomic E-state index is -0.596. The molecule has 4 atom stereocenters. The summed E-state index contributed by atoms with van der Waals surface area (Å²) >= 11 is 0. The van der Waals surface area contributed by atoms with Crippen LogP contribution < -0.4 is 0 Å². The van der Waals surface area contributed by atoms with E-state index in [4.69, 9.17) is 23.7 Å². The van der Waals surface area contributed by atoms with Crippen LogP contribution in [0.2, 0.25) is 0 Å². The van der Waals surface area contributed by atoms with E-state index in [1.165, 1.54) is 28.1 Å². The molecule has 0 aromatic rings. The van der Waals surface area contributed by atoms with Crippen molar-refractivity contribution in [1.29, 1.82) is 0 Å². The van der Waals surface area contributed by atoms with E-state index < -0.39 is 36.4 Å². The number of carbonyl (C=O) groups is 2. The highest BCUT2D eigenvalue weighted by atomic mass is 16.6. The predicted octanol–water partition coefficient (Wildman–Crippen LogP) is -0.0900. The summed E-state index contributed by atoms with van der Waals surface area (Å²) in [4.78, 5) is 22.0. The Hall–Kier alpha value is -1.18. The molecule has 1 heterocycles. The van der Waals surface area contributed by atoms with Crippen molar-refractivity contribution in [2.24, 2.45) is 0 Å². The van der Waals surface area contributed by atoms with Gasteiger partial charge < -0.3 is 23.7 Å². The van der Waals surface area contributed by atoms with Crippen molar-refractivity contribution >= 4 is 11.9 Å². The van der Waals surface area contributed by atoms with E-state index in [-0.39, 0.29) is 13.2 Å². The number of rotatable bonds is 5. The first-order valence-electron chi connectivity index (χ1n) is 5.97. The molecule has 1 saturated heterocycles. The lowest BCUT2D eigenvalue weighted by atomic mass is 10.00. The molecule has 0 N–H and O–H groups in total.